The number of benzene rings is 4. The molecule has 42 heavy (non-hydrogen) atoms. The van der Waals surface area contributed by atoms with Crippen LogP contribution in [0.2, 0.25) is 0 Å². The van der Waals surface area contributed by atoms with Gasteiger partial charge >= 0.3 is 0 Å². The summed E-state index contributed by atoms with van der Waals surface area (Å²) in [6, 6.07) is 37.8. The molecule has 0 amide bonds. The summed E-state index contributed by atoms with van der Waals surface area (Å²) in [6.45, 7) is 4.21. The minimum absolute atomic E-state index is 0.371. The van der Waals surface area contributed by atoms with E-state index in [4.69, 9.17) is 10.1 Å². The number of aliphatic imine (C=N–C) groups is 1. The van der Waals surface area contributed by atoms with Crippen LogP contribution in [0.25, 0.3) is 16.9 Å². The maximum Gasteiger partial charge on any atom is 0.156 e. The number of rotatable bonds is 8. The van der Waals surface area contributed by atoms with Crippen molar-refractivity contribution in [1.82, 2.24) is 15.2 Å². The Balaban J connectivity index is 1.54. The highest BCUT2D eigenvalue weighted by atomic mass is 15.4. The number of aryl methyl sites for hydroxylation is 2. The second kappa shape index (κ2) is 12.8. The number of amidine groups is 1. The van der Waals surface area contributed by atoms with Crippen LogP contribution in [0, 0.1) is 13.8 Å². The number of nitrogens with one attached hydrogen (secondary N) is 3. The fourth-order valence-corrected chi connectivity index (χ4v) is 5.39. The van der Waals surface area contributed by atoms with Crippen LogP contribution in [-0.2, 0) is 0 Å². The molecule has 212 valence electrons. The zero-order chi connectivity index (χ0) is 28.7. The number of hydrazine groups is 1. The van der Waals surface area contributed by atoms with Crippen molar-refractivity contribution in [2.24, 2.45) is 4.99 Å². The second-order valence-electron chi connectivity index (χ2n) is 11.1. The van der Waals surface area contributed by atoms with Crippen molar-refractivity contribution >= 4 is 23.0 Å². The van der Waals surface area contributed by atoms with Crippen molar-refractivity contribution in [3.8, 4) is 16.9 Å². The SMILES string of the molecule is Cc1ccc(C(=Nc2c(-c3ccc(C)cc3)nn(-c3ccccc3)c2NC2CCCCC2)NNc2ccccc2)cc1. The molecule has 3 N–H and O–H groups in total. The van der Waals surface area contributed by atoms with Gasteiger partial charge in [0.15, 0.2) is 11.7 Å². The Morgan fingerprint density at radius 1 is 0.738 bits per heavy atom. The molecule has 0 bridgehead atoms. The molecular weight excluding hydrogens is 516 g/mol. The van der Waals surface area contributed by atoms with Crippen LogP contribution in [0.15, 0.2) is 114 Å². The molecule has 0 saturated heterocycles. The van der Waals surface area contributed by atoms with E-state index in [1.807, 2.05) is 41.1 Å². The second-order valence-corrected chi connectivity index (χ2v) is 11.1. The molecule has 0 atom stereocenters. The molecule has 1 fully saturated rings. The van der Waals surface area contributed by atoms with E-state index < -0.39 is 0 Å². The molecule has 0 spiro atoms. The van der Waals surface area contributed by atoms with E-state index >= 15 is 0 Å². The van der Waals surface area contributed by atoms with E-state index in [9.17, 15) is 0 Å². The first-order valence-corrected chi connectivity index (χ1v) is 14.9. The largest absolute Gasteiger partial charge is 0.365 e. The van der Waals surface area contributed by atoms with Gasteiger partial charge in [0, 0.05) is 17.2 Å². The minimum atomic E-state index is 0.371. The van der Waals surface area contributed by atoms with Crippen LogP contribution < -0.4 is 16.2 Å². The number of hydrogen-bond donors (Lipinski definition) is 3. The molecule has 1 aromatic heterocycles. The first-order chi connectivity index (χ1) is 20.6. The third-order valence-corrected chi connectivity index (χ3v) is 7.78. The lowest BCUT2D eigenvalue weighted by Crippen LogP contribution is -2.30. The fraction of sp³-hybridized carbons (Fsp3) is 0.222. The number of aromatic nitrogens is 2. The molecule has 1 saturated carbocycles. The monoisotopic (exact) mass is 554 g/mol. The maximum absolute atomic E-state index is 5.38. The summed E-state index contributed by atoms with van der Waals surface area (Å²) in [5.74, 6) is 1.63. The molecule has 1 aliphatic carbocycles. The molecule has 6 nitrogen and oxygen atoms in total. The lowest BCUT2D eigenvalue weighted by Gasteiger charge is -2.24. The third kappa shape index (κ3) is 6.39. The zero-order valence-electron chi connectivity index (χ0n) is 24.3. The Morgan fingerprint density at radius 2 is 1.36 bits per heavy atom. The van der Waals surface area contributed by atoms with Gasteiger partial charge in [-0.25, -0.2) is 9.67 Å². The van der Waals surface area contributed by atoms with Gasteiger partial charge in [-0.05, 0) is 51.0 Å². The Hall–Kier alpha value is -4.84. The normalized spacial score (nSPS) is 14.0. The number of hydrogen-bond acceptors (Lipinski definition) is 4. The average molecular weight is 555 g/mol. The molecule has 1 aliphatic rings. The highest BCUT2D eigenvalue weighted by Gasteiger charge is 2.24. The highest BCUT2D eigenvalue weighted by molar-refractivity contribution is 6.03. The van der Waals surface area contributed by atoms with Crippen molar-refractivity contribution < 1.29 is 0 Å². The first-order valence-electron chi connectivity index (χ1n) is 14.9. The number of anilines is 2. The van der Waals surface area contributed by atoms with E-state index in [-0.39, 0.29) is 0 Å². The summed E-state index contributed by atoms with van der Waals surface area (Å²) in [4.78, 5) is 5.38. The van der Waals surface area contributed by atoms with Gasteiger partial charge in [0.25, 0.3) is 0 Å². The van der Waals surface area contributed by atoms with Gasteiger partial charge in [0.1, 0.15) is 11.4 Å². The van der Waals surface area contributed by atoms with Crippen molar-refractivity contribution in [1.29, 1.82) is 0 Å². The molecule has 0 radical (unpaired) electrons. The molecule has 0 unspecified atom stereocenters. The Labute approximate surface area is 248 Å². The summed E-state index contributed by atoms with van der Waals surface area (Å²) >= 11 is 0. The molecule has 0 aliphatic heterocycles. The summed E-state index contributed by atoms with van der Waals surface area (Å²) in [6.07, 6.45) is 6.04. The van der Waals surface area contributed by atoms with Crippen LogP contribution in [0.1, 0.15) is 48.8 Å². The lowest BCUT2D eigenvalue weighted by atomic mass is 9.95. The minimum Gasteiger partial charge on any atom is -0.365 e. The fourth-order valence-electron chi connectivity index (χ4n) is 5.39. The third-order valence-electron chi connectivity index (χ3n) is 7.78. The van der Waals surface area contributed by atoms with Crippen LogP contribution in [0.4, 0.5) is 17.2 Å². The van der Waals surface area contributed by atoms with Gasteiger partial charge in [-0.15, -0.1) is 0 Å². The van der Waals surface area contributed by atoms with E-state index in [0.717, 1.165) is 52.5 Å². The Morgan fingerprint density at radius 3 is 2.02 bits per heavy atom. The molecule has 4 aromatic carbocycles. The highest BCUT2D eigenvalue weighted by Crippen LogP contribution is 2.40. The lowest BCUT2D eigenvalue weighted by molar-refractivity contribution is 0.461. The standard InChI is InChI=1S/C36H38N6/c1-26-18-22-28(23-19-26)33-34(36(37-30-12-6-3-7-13-30)42(41-33)32-16-10-5-11-17-32)38-35(29-24-20-27(2)21-25-29)40-39-31-14-8-4-9-15-31/h4-5,8-11,14-25,30,37,39H,3,6-7,12-13H2,1-2H3,(H,38,40). The first kappa shape index (κ1) is 27.3. The number of nitrogens with zero attached hydrogens (tertiary/aromatic N) is 3. The predicted molar refractivity (Wildman–Crippen MR) is 175 cm³/mol. The van der Waals surface area contributed by atoms with E-state index in [1.165, 1.54) is 30.4 Å². The maximum atomic E-state index is 5.38. The molecule has 6 rings (SSSR count). The molecule has 6 heteroatoms. The van der Waals surface area contributed by atoms with E-state index in [1.54, 1.807) is 0 Å². The van der Waals surface area contributed by atoms with Crippen molar-refractivity contribution in [2.75, 3.05) is 10.7 Å². The Kier molecular flexibility index (Phi) is 8.31. The summed E-state index contributed by atoms with van der Waals surface area (Å²) in [5, 5.41) is 9.13. The van der Waals surface area contributed by atoms with Gasteiger partial charge in [-0.3, -0.25) is 10.9 Å². The van der Waals surface area contributed by atoms with Gasteiger partial charge < -0.3 is 5.32 Å². The van der Waals surface area contributed by atoms with Gasteiger partial charge in [0.05, 0.1) is 11.4 Å². The van der Waals surface area contributed by atoms with Gasteiger partial charge in [-0.1, -0.05) is 115 Å². The van der Waals surface area contributed by atoms with Crippen LogP contribution in [0.5, 0.6) is 0 Å². The summed E-state index contributed by atoms with van der Waals surface area (Å²) < 4.78 is 2.03. The smallest absolute Gasteiger partial charge is 0.156 e. The van der Waals surface area contributed by atoms with Crippen molar-refractivity contribution in [2.45, 2.75) is 52.0 Å². The van der Waals surface area contributed by atoms with Gasteiger partial charge in [0.2, 0.25) is 0 Å². The average Bonchev–Trinajstić information content (AvgIpc) is 3.38. The quantitative estimate of drug-likeness (QED) is 0.102. The topological polar surface area (TPSA) is 66.3 Å². The number of para-hydroxylation sites is 2. The van der Waals surface area contributed by atoms with Crippen molar-refractivity contribution in [3.63, 3.8) is 0 Å². The van der Waals surface area contributed by atoms with Gasteiger partial charge in [-0.2, -0.15) is 5.10 Å². The Bertz CT molecular complexity index is 1610. The van der Waals surface area contributed by atoms with E-state index in [0.29, 0.717) is 11.9 Å². The van der Waals surface area contributed by atoms with E-state index in [2.05, 4.69) is 103 Å². The molecule has 5 aromatic rings. The summed E-state index contributed by atoms with van der Waals surface area (Å²) in [5.41, 5.74) is 14.8. The predicted octanol–water partition coefficient (Wildman–Crippen LogP) is 8.60. The summed E-state index contributed by atoms with van der Waals surface area (Å²) in [7, 11) is 0. The van der Waals surface area contributed by atoms with Crippen LogP contribution in [0.3, 0.4) is 0 Å². The van der Waals surface area contributed by atoms with Crippen molar-refractivity contribution in [3.05, 3.63) is 126 Å². The van der Waals surface area contributed by atoms with Crippen LogP contribution >= 0.6 is 0 Å². The molecular formula is C36H38N6. The zero-order valence-corrected chi connectivity index (χ0v) is 24.3. The molecule has 1 heterocycles. The van der Waals surface area contributed by atoms with Crippen LogP contribution in [-0.4, -0.2) is 21.7 Å².